The number of carbonyl (C=O) groups excluding carboxylic acids is 1. The van der Waals surface area contributed by atoms with Crippen LogP contribution in [-0.2, 0) is 0 Å². The third-order valence-electron chi connectivity index (χ3n) is 5.61. The Bertz CT molecular complexity index is 769. The first-order chi connectivity index (χ1) is 12.1. The van der Waals surface area contributed by atoms with Crippen molar-refractivity contribution in [3.63, 3.8) is 0 Å². The van der Waals surface area contributed by atoms with Crippen molar-refractivity contribution in [2.75, 3.05) is 18.4 Å². The Morgan fingerprint density at radius 2 is 1.92 bits per heavy atom. The minimum Gasteiger partial charge on any atom is -0.444 e. The van der Waals surface area contributed by atoms with Gasteiger partial charge in [-0.25, -0.2) is 9.78 Å². The normalized spacial score (nSPS) is 22.7. The van der Waals surface area contributed by atoms with Crippen molar-refractivity contribution in [1.29, 1.82) is 0 Å². The van der Waals surface area contributed by atoms with Crippen LogP contribution in [0.4, 0.5) is 10.5 Å². The Balaban J connectivity index is 1.49. The van der Waals surface area contributed by atoms with Gasteiger partial charge in [0.2, 0.25) is 5.89 Å². The lowest BCUT2D eigenvalue weighted by molar-refractivity contribution is 0.220. The molecule has 5 nitrogen and oxygen atoms in total. The molecular formula is C20H25N3O2. The number of likely N-dealkylation sites (tertiary alicyclic amines) is 1. The van der Waals surface area contributed by atoms with Gasteiger partial charge in [0.05, 0.1) is 5.69 Å². The summed E-state index contributed by atoms with van der Waals surface area (Å²) in [5.74, 6) is 1.98. The van der Waals surface area contributed by atoms with Gasteiger partial charge in [-0.1, -0.05) is 18.9 Å². The van der Waals surface area contributed by atoms with Crippen LogP contribution in [0.15, 0.2) is 28.9 Å². The van der Waals surface area contributed by atoms with E-state index in [1.807, 2.05) is 36.9 Å². The van der Waals surface area contributed by atoms with Gasteiger partial charge in [0.25, 0.3) is 0 Å². The second-order valence-corrected chi connectivity index (χ2v) is 7.46. The van der Waals surface area contributed by atoms with E-state index >= 15 is 0 Å². The number of aryl methyl sites for hydroxylation is 2. The summed E-state index contributed by atoms with van der Waals surface area (Å²) in [7, 11) is 0. The lowest BCUT2D eigenvalue weighted by Gasteiger charge is -2.22. The summed E-state index contributed by atoms with van der Waals surface area (Å²) in [6.07, 6.45) is 6.80. The number of oxazole rings is 1. The SMILES string of the molecule is Cc1coc(-c2ccc(C)c(NC(=O)N3C[C@@H]4CCCC[C@H]4C3)c2)n1. The fraction of sp³-hybridized carbons (Fsp3) is 0.500. The van der Waals surface area contributed by atoms with Crippen LogP contribution in [0.2, 0.25) is 0 Å². The number of hydrogen-bond acceptors (Lipinski definition) is 3. The maximum atomic E-state index is 12.7. The number of rotatable bonds is 2. The molecule has 1 N–H and O–H groups in total. The summed E-state index contributed by atoms with van der Waals surface area (Å²) in [4.78, 5) is 19.1. The topological polar surface area (TPSA) is 58.4 Å². The fourth-order valence-electron chi connectivity index (χ4n) is 4.14. The average Bonchev–Trinajstić information content (AvgIpc) is 3.23. The van der Waals surface area contributed by atoms with Gasteiger partial charge in [-0.15, -0.1) is 0 Å². The zero-order valence-electron chi connectivity index (χ0n) is 14.9. The molecule has 2 aliphatic rings. The number of nitrogens with zero attached hydrogens (tertiary/aromatic N) is 2. The molecule has 2 heterocycles. The molecule has 0 unspecified atom stereocenters. The summed E-state index contributed by atoms with van der Waals surface area (Å²) in [6.45, 7) is 5.70. The van der Waals surface area contributed by atoms with Gasteiger partial charge < -0.3 is 14.6 Å². The molecule has 2 fully saturated rings. The van der Waals surface area contributed by atoms with Crippen LogP contribution in [-0.4, -0.2) is 29.0 Å². The molecule has 2 aromatic rings. The number of amides is 2. The molecule has 2 atom stereocenters. The second kappa shape index (κ2) is 6.54. The number of benzene rings is 1. The molecule has 1 saturated carbocycles. The zero-order valence-corrected chi connectivity index (χ0v) is 14.9. The highest BCUT2D eigenvalue weighted by atomic mass is 16.3. The van der Waals surface area contributed by atoms with Crippen LogP contribution in [0.5, 0.6) is 0 Å². The number of carbonyl (C=O) groups is 1. The van der Waals surface area contributed by atoms with E-state index in [9.17, 15) is 4.79 Å². The van der Waals surface area contributed by atoms with Crippen molar-refractivity contribution in [2.45, 2.75) is 39.5 Å². The van der Waals surface area contributed by atoms with Gasteiger partial charge in [0.15, 0.2) is 0 Å². The lowest BCUT2D eigenvalue weighted by Crippen LogP contribution is -2.33. The lowest BCUT2D eigenvalue weighted by atomic mass is 9.82. The smallest absolute Gasteiger partial charge is 0.321 e. The average molecular weight is 339 g/mol. The first-order valence-electron chi connectivity index (χ1n) is 9.19. The first-order valence-corrected chi connectivity index (χ1v) is 9.19. The predicted molar refractivity (Wildman–Crippen MR) is 97.5 cm³/mol. The Morgan fingerprint density at radius 3 is 2.56 bits per heavy atom. The Labute approximate surface area is 148 Å². The molecule has 1 aliphatic carbocycles. The van der Waals surface area contributed by atoms with Crippen LogP contribution in [0.25, 0.3) is 11.5 Å². The summed E-state index contributed by atoms with van der Waals surface area (Å²) in [5.41, 5.74) is 3.59. The molecule has 132 valence electrons. The molecule has 2 amide bonds. The van der Waals surface area contributed by atoms with Crippen LogP contribution in [0, 0.1) is 25.7 Å². The van der Waals surface area contributed by atoms with E-state index in [0.29, 0.717) is 17.7 Å². The molecule has 1 saturated heterocycles. The maximum absolute atomic E-state index is 12.7. The third kappa shape index (κ3) is 3.28. The maximum Gasteiger partial charge on any atom is 0.321 e. The van der Waals surface area contributed by atoms with Crippen molar-refractivity contribution in [1.82, 2.24) is 9.88 Å². The molecule has 0 spiro atoms. The molecule has 4 rings (SSSR count). The zero-order chi connectivity index (χ0) is 17.4. The molecule has 1 aromatic carbocycles. The number of fused-ring (bicyclic) bond motifs is 1. The van der Waals surface area contributed by atoms with Crippen molar-refractivity contribution in [3.05, 3.63) is 35.7 Å². The summed E-state index contributed by atoms with van der Waals surface area (Å²) in [6, 6.07) is 5.93. The van der Waals surface area contributed by atoms with Gasteiger partial charge in [-0.05, 0) is 56.2 Å². The highest BCUT2D eigenvalue weighted by molar-refractivity contribution is 5.91. The Kier molecular flexibility index (Phi) is 4.24. The van der Waals surface area contributed by atoms with Gasteiger partial charge in [0.1, 0.15) is 6.26 Å². The van der Waals surface area contributed by atoms with Crippen molar-refractivity contribution >= 4 is 11.7 Å². The van der Waals surface area contributed by atoms with Crippen LogP contribution >= 0.6 is 0 Å². The minimum absolute atomic E-state index is 0.0123. The van der Waals surface area contributed by atoms with Crippen molar-refractivity contribution in [2.24, 2.45) is 11.8 Å². The summed E-state index contributed by atoms with van der Waals surface area (Å²) in [5, 5.41) is 3.10. The van der Waals surface area contributed by atoms with Crippen LogP contribution in [0.3, 0.4) is 0 Å². The van der Waals surface area contributed by atoms with E-state index in [2.05, 4.69) is 10.3 Å². The molecule has 1 aromatic heterocycles. The fourth-order valence-corrected chi connectivity index (χ4v) is 4.14. The molecule has 0 bridgehead atoms. The van der Waals surface area contributed by atoms with E-state index in [0.717, 1.165) is 35.6 Å². The Hall–Kier alpha value is -2.30. The predicted octanol–water partition coefficient (Wildman–Crippen LogP) is 4.61. The highest BCUT2D eigenvalue weighted by Crippen LogP contribution is 2.36. The highest BCUT2D eigenvalue weighted by Gasteiger charge is 2.36. The standard InChI is InChI=1S/C20H25N3O2/c1-13-7-8-15(19-21-14(2)12-25-19)9-18(13)22-20(24)23-10-16-5-3-4-6-17(16)11-23/h7-9,12,16-17H,3-6,10-11H2,1-2H3,(H,22,24)/t16-,17-/m0/s1. The number of hydrogen-bond donors (Lipinski definition) is 1. The summed E-state index contributed by atoms with van der Waals surface area (Å²) >= 11 is 0. The Morgan fingerprint density at radius 1 is 1.20 bits per heavy atom. The largest absolute Gasteiger partial charge is 0.444 e. The van der Waals surface area contributed by atoms with E-state index in [1.54, 1.807) is 6.26 Å². The quantitative estimate of drug-likeness (QED) is 0.869. The third-order valence-corrected chi connectivity index (χ3v) is 5.61. The van der Waals surface area contributed by atoms with Crippen LogP contribution in [0.1, 0.15) is 36.9 Å². The minimum atomic E-state index is 0.0123. The number of aromatic nitrogens is 1. The van der Waals surface area contributed by atoms with Crippen LogP contribution < -0.4 is 5.32 Å². The summed E-state index contributed by atoms with van der Waals surface area (Å²) < 4.78 is 5.48. The molecule has 25 heavy (non-hydrogen) atoms. The van der Waals surface area contributed by atoms with Crippen molar-refractivity contribution < 1.29 is 9.21 Å². The molecule has 1 aliphatic heterocycles. The number of urea groups is 1. The van der Waals surface area contributed by atoms with Crippen molar-refractivity contribution in [3.8, 4) is 11.5 Å². The molecular weight excluding hydrogens is 314 g/mol. The molecule has 5 heteroatoms. The van der Waals surface area contributed by atoms with E-state index in [1.165, 1.54) is 25.7 Å². The van der Waals surface area contributed by atoms with Gasteiger partial charge in [-0.3, -0.25) is 0 Å². The van der Waals surface area contributed by atoms with E-state index < -0.39 is 0 Å². The number of anilines is 1. The monoisotopic (exact) mass is 339 g/mol. The number of nitrogens with one attached hydrogen (secondary N) is 1. The molecule has 0 radical (unpaired) electrons. The van der Waals surface area contributed by atoms with Gasteiger partial charge >= 0.3 is 6.03 Å². The van der Waals surface area contributed by atoms with Gasteiger partial charge in [-0.2, -0.15) is 0 Å². The van der Waals surface area contributed by atoms with Gasteiger partial charge in [0, 0.05) is 24.3 Å². The van der Waals surface area contributed by atoms with E-state index in [-0.39, 0.29) is 6.03 Å². The second-order valence-electron chi connectivity index (χ2n) is 7.46. The van der Waals surface area contributed by atoms with E-state index in [4.69, 9.17) is 4.42 Å². The first kappa shape index (κ1) is 16.2.